The van der Waals surface area contributed by atoms with Gasteiger partial charge in [0.25, 0.3) is 0 Å². The van der Waals surface area contributed by atoms with Gasteiger partial charge in [0.15, 0.2) is 11.5 Å². The summed E-state index contributed by atoms with van der Waals surface area (Å²) >= 11 is 0. The maximum atomic E-state index is 12.4. The van der Waals surface area contributed by atoms with Crippen molar-refractivity contribution >= 4 is 24.2 Å². The zero-order valence-electron chi connectivity index (χ0n) is 25.2. The van der Waals surface area contributed by atoms with Crippen LogP contribution in [0.25, 0.3) is 0 Å². The number of unbranched alkanes of at least 4 members (excludes halogenated alkanes) is 2. The Morgan fingerprint density at radius 1 is 0.780 bits per heavy atom. The van der Waals surface area contributed by atoms with Gasteiger partial charge in [-0.2, -0.15) is 0 Å². The first kappa shape index (κ1) is 35.7. The largest absolute Gasteiger partial charge is 0.514 e. The van der Waals surface area contributed by atoms with Gasteiger partial charge in [0.2, 0.25) is 0 Å². The summed E-state index contributed by atoms with van der Waals surface area (Å²) in [7, 11) is 0. The second-order valence-electron chi connectivity index (χ2n) is 10.2. The Kier molecular flexibility index (Phi) is 17.1. The Bertz CT molecular complexity index is 967. The number of hydrogen-bond acceptors (Lipinski definition) is 10. The van der Waals surface area contributed by atoms with Crippen molar-refractivity contribution in [1.82, 2.24) is 5.32 Å². The number of hydrogen-bond donors (Lipinski definition) is 2. The van der Waals surface area contributed by atoms with Crippen molar-refractivity contribution in [2.45, 2.75) is 124 Å². The quantitative estimate of drug-likeness (QED) is 0.0834. The lowest BCUT2D eigenvalue weighted by Gasteiger charge is -2.19. The third kappa shape index (κ3) is 15.3. The molecule has 0 amide bonds. The topological polar surface area (TPSA) is 147 Å². The minimum atomic E-state index is -1.12. The van der Waals surface area contributed by atoms with Gasteiger partial charge in [0, 0.05) is 13.0 Å². The molecular weight excluding hydrogens is 534 g/mol. The summed E-state index contributed by atoms with van der Waals surface area (Å²) in [5.74, 6) is -1.63. The van der Waals surface area contributed by atoms with Gasteiger partial charge in [-0.3, -0.25) is 9.59 Å². The number of esters is 1. The van der Waals surface area contributed by atoms with Crippen LogP contribution in [-0.4, -0.2) is 60.3 Å². The van der Waals surface area contributed by atoms with Gasteiger partial charge in [-0.05, 0) is 64.2 Å². The molecule has 1 rings (SSSR count). The molecule has 0 fully saturated rings. The molecule has 1 aromatic carbocycles. The lowest BCUT2D eigenvalue weighted by molar-refractivity contribution is -0.148. The Balaban J connectivity index is 2.99. The van der Waals surface area contributed by atoms with Crippen molar-refractivity contribution in [3.8, 4) is 11.5 Å². The van der Waals surface area contributed by atoms with E-state index in [4.69, 9.17) is 23.7 Å². The summed E-state index contributed by atoms with van der Waals surface area (Å²) < 4.78 is 26.5. The molecule has 0 aliphatic rings. The van der Waals surface area contributed by atoms with Crippen LogP contribution in [0.15, 0.2) is 18.2 Å². The number of benzene rings is 1. The third-order valence-corrected chi connectivity index (χ3v) is 6.09. The first-order valence-corrected chi connectivity index (χ1v) is 14.5. The van der Waals surface area contributed by atoms with E-state index >= 15 is 0 Å². The maximum Gasteiger partial charge on any atom is 0.514 e. The second-order valence-corrected chi connectivity index (χ2v) is 10.2. The molecule has 11 nitrogen and oxygen atoms in total. The highest BCUT2D eigenvalue weighted by Crippen LogP contribution is 2.30. The van der Waals surface area contributed by atoms with Crippen LogP contribution in [-0.2, 0) is 30.2 Å². The molecule has 232 valence electrons. The predicted molar refractivity (Wildman–Crippen MR) is 152 cm³/mol. The van der Waals surface area contributed by atoms with Crippen LogP contribution in [0.1, 0.15) is 98.5 Å². The molecule has 1 aromatic rings. The summed E-state index contributed by atoms with van der Waals surface area (Å²) in [6, 6.07) is 3.34. The van der Waals surface area contributed by atoms with Crippen molar-refractivity contribution < 1.29 is 48.0 Å². The van der Waals surface area contributed by atoms with Crippen molar-refractivity contribution in [1.29, 1.82) is 0 Å². The molecule has 0 aliphatic carbocycles. The smallest absolute Gasteiger partial charge is 0.480 e. The number of carboxylic acid groups (broad SMARTS) is 1. The van der Waals surface area contributed by atoms with Gasteiger partial charge in [0.05, 0.1) is 0 Å². The van der Waals surface area contributed by atoms with Gasteiger partial charge >= 0.3 is 24.2 Å². The molecule has 0 aliphatic heterocycles. The van der Waals surface area contributed by atoms with E-state index in [-0.39, 0.29) is 42.6 Å². The van der Waals surface area contributed by atoms with Gasteiger partial charge in [-0.25, -0.2) is 9.59 Å². The van der Waals surface area contributed by atoms with Gasteiger partial charge in [0.1, 0.15) is 24.4 Å². The minimum absolute atomic E-state index is 0.00239. The molecule has 4 atom stereocenters. The van der Waals surface area contributed by atoms with Crippen LogP contribution in [0.4, 0.5) is 9.59 Å². The Morgan fingerprint density at radius 2 is 1.37 bits per heavy atom. The van der Waals surface area contributed by atoms with Crippen LogP contribution < -0.4 is 14.8 Å². The highest BCUT2D eigenvalue weighted by molar-refractivity contribution is 5.74. The fraction of sp³-hybridized carbons (Fsp3) is 0.667. The fourth-order valence-electron chi connectivity index (χ4n) is 3.97. The molecule has 2 N–H and O–H groups in total. The number of nitrogens with one attached hydrogen (secondary N) is 1. The van der Waals surface area contributed by atoms with E-state index in [1.54, 1.807) is 26.8 Å². The summed E-state index contributed by atoms with van der Waals surface area (Å²) in [6.45, 7) is 11.3. The van der Waals surface area contributed by atoms with Crippen molar-refractivity contribution in [2.75, 3.05) is 6.54 Å². The number of rotatable bonds is 19. The molecule has 0 bridgehead atoms. The standard InChI is InChI=1S/C30H47NO10/c1-7-10-11-14-27(32)37-22(6)19-31-24(28(33)34)17-23-15-16-25(40-29(35)38-20(4)12-8-2)26(18-23)41-30(36)39-21(5)13-9-3/h15-16,18,20-22,24,31H,7-14,17,19H2,1-6H3,(H,33,34)/t20?,21?,22?,24-/m0/s1. The predicted octanol–water partition coefficient (Wildman–Crippen LogP) is 6.19. The number of carboxylic acids is 1. The average molecular weight is 582 g/mol. The van der Waals surface area contributed by atoms with E-state index < -0.39 is 30.4 Å². The van der Waals surface area contributed by atoms with E-state index in [2.05, 4.69) is 5.32 Å². The van der Waals surface area contributed by atoms with Crippen LogP contribution in [0, 0.1) is 0 Å². The molecule has 0 heterocycles. The van der Waals surface area contributed by atoms with Crippen LogP contribution >= 0.6 is 0 Å². The van der Waals surface area contributed by atoms with E-state index in [9.17, 15) is 24.3 Å². The number of aliphatic carboxylic acids is 1. The number of carbonyl (C=O) groups excluding carboxylic acids is 3. The Labute approximate surface area is 243 Å². The monoisotopic (exact) mass is 581 g/mol. The first-order valence-electron chi connectivity index (χ1n) is 14.5. The number of ether oxygens (including phenoxy) is 5. The van der Waals surface area contributed by atoms with Gasteiger partial charge in [-0.1, -0.05) is 52.5 Å². The van der Waals surface area contributed by atoms with Gasteiger partial charge < -0.3 is 34.1 Å². The highest BCUT2D eigenvalue weighted by Gasteiger charge is 2.23. The summed E-state index contributed by atoms with van der Waals surface area (Å²) in [5.41, 5.74) is 0.485. The summed E-state index contributed by atoms with van der Waals surface area (Å²) in [4.78, 5) is 48.7. The molecule has 41 heavy (non-hydrogen) atoms. The number of carbonyl (C=O) groups is 4. The van der Waals surface area contributed by atoms with Crippen LogP contribution in [0.5, 0.6) is 11.5 Å². The zero-order valence-corrected chi connectivity index (χ0v) is 25.2. The fourth-order valence-corrected chi connectivity index (χ4v) is 3.97. The van der Waals surface area contributed by atoms with E-state index in [1.807, 2.05) is 20.8 Å². The lowest BCUT2D eigenvalue weighted by Crippen LogP contribution is -2.42. The lowest BCUT2D eigenvalue weighted by atomic mass is 10.0. The maximum absolute atomic E-state index is 12.4. The normalized spacial score (nSPS) is 13.8. The molecule has 0 saturated carbocycles. The van der Waals surface area contributed by atoms with Gasteiger partial charge in [-0.15, -0.1) is 0 Å². The highest BCUT2D eigenvalue weighted by atomic mass is 16.7. The van der Waals surface area contributed by atoms with Crippen LogP contribution in [0.3, 0.4) is 0 Å². The Hall–Kier alpha value is -3.34. The van der Waals surface area contributed by atoms with Crippen molar-refractivity contribution in [3.05, 3.63) is 23.8 Å². The Morgan fingerprint density at radius 3 is 1.90 bits per heavy atom. The molecule has 0 aromatic heterocycles. The summed E-state index contributed by atoms with van der Waals surface area (Å²) in [6.07, 6.45) is 2.70. The first-order chi connectivity index (χ1) is 19.5. The molecule has 11 heteroatoms. The van der Waals surface area contributed by atoms with E-state index in [1.165, 1.54) is 12.1 Å². The van der Waals surface area contributed by atoms with Crippen molar-refractivity contribution in [3.63, 3.8) is 0 Å². The van der Waals surface area contributed by atoms with Crippen molar-refractivity contribution in [2.24, 2.45) is 0 Å². The SMILES string of the molecule is CCCCCC(=O)OC(C)CN[C@@H](Cc1ccc(OC(=O)OC(C)CCC)c(OC(=O)OC(C)CCC)c1)C(=O)O. The third-order valence-electron chi connectivity index (χ3n) is 6.09. The molecular formula is C30H47NO10. The zero-order chi connectivity index (χ0) is 30.8. The summed E-state index contributed by atoms with van der Waals surface area (Å²) in [5, 5.41) is 12.7. The second kappa shape index (κ2) is 19.7. The van der Waals surface area contributed by atoms with E-state index in [0.29, 0.717) is 24.8 Å². The molecule has 0 radical (unpaired) electrons. The molecule has 3 unspecified atom stereocenters. The average Bonchev–Trinajstić information content (AvgIpc) is 2.88. The minimum Gasteiger partial charge on any atom is -0.480 e. The molecule has 0 saturated heterocycles. The van der Waals surface area contributed by atoms with Crippen LogP contribution in [0.2, 0.25) is 0 Å². The van der Waals surface area contributed by atoms with E-state index in [0.717, 1.165) is 32.1 Å². The molecule has 0 spiro atoms.